The van der Waals surface area contributed by atoms with Gasteiger partial charge in [0.25, 0.3) is 0 Å². The smallest absolute Gasteiger partial charge is 0.0131 e. The normalized spacial score (nSPS) is 28.0. The minimum absolute atomic E-state index is 0.796. The summed E-state index contributed by atoms with van der Waals surface area (Å²) in [5.41, 5.74) is 3.11. The van der Waals surface area contributed by atoms with Crippen molar-refractivity contribution in [1.29, 1.82) is 0 Å². The van der Waals surface area contributed by atoms with Crippen LogP contribution in [0.4, 0.5) is 0 Å². The molecule has 3 rings (SSSR count). The molecule has 0 heteroatoms. The van der Waals surface area contributed by atoms with Crippen LogP contribution in [-0.2, 0) is 6.42 Å². The largest absolute Gasteiger partial charge is 0.0885 e. The first-order valence-electron chi connectivity index (χ1n) is 11.0. The fourth-order valence-electron chi connectivity index (χ4n) is 5.32. The average molecular weight is 339 g/mol. The lowest BCUT2D eigenvalue weighted by Crippen LogP contribution is -2.23. The summed E-state index contributed by atoms with van der Waals surface area (Å²) in [7, 11) is 0. The van der Waals surface area contributed by atoms with E-state index >= 15 is 0 Å². The molecule has 0 bridgehead atoms. The summed E-state index contributed by atoms with van der Waals surface area (Å²) in [6.45, 7) is 4.61. The van der Waals surface area contributed by atoms with Crippen LogP contribution in [0, 0.1) is 17.8 Å². The minimum Gasteiger partial charge on any atom is -0.0885 e. The van der Waals surface area contributed by atoms with Gasteiger partial charge in [-0.2, -0.15) is 0 Å². The highest BCUT2D eigenvalue weighted by molar-refractivity contribution is 5.26. The Balaban J connectivity index is 1.70. The van der Waals surface area contributed by atoms with E-state index < -0.39 is 0 Å². The molecular formula is C25H38. The number of aryl methyl sites for hydroxylation is 1. The van der Waals surface area contributed by atoms with Crippen LogP contribution in [0.3, 0.4) is 0 Å². The second-order valence-corrected chi connectivity index (χ2v) is 8.66. The summed E-state index contributed by atoms with van der Waals surface area (Å²) in [6, 6.07) is 9.68. The van der Waals surface area contributed by atoms with Gasteiger partial charge in [0, 0.05) is 0 Å². The Morgan fingerprint density at radius 3 is 2.24 bits per heavy atom. The van der Waals surface area contributed by atoms with Gasteiger partial charge >= 0.3 is 0 Å². The first-order valence-corrected chi connectivity index (χ1v) is 11.0. The molecular weight excluding hydrogens is 300 g/mol. The molecule has 25 heavy (non-hydrogen) atoms. The van der Waals surface area contributed by atoms with E-state index in [0.717, 1.165) is 30.1 Å². The number of benzene rings is 1. The van der Waals surface area contributed by atoms with Gasteiger partial charge in [0.1, 0.15) is 0 Å². The maximum atomic E-state index is 2.46. The van der Waals surface area contributed by atoms with Crippen molar-refractivity contribution in [2.45, 2.75) is 90.4 Å². The fraction of sp³-hybridized carbons (Fsp3) is 0.680. The van der Waals surface area contributed by atoms with E-state index in [1.165, 1.54) is 69.8 Å². The van der Waals surface area contributed by atoms with E-state index in [9.17, 15) is 0 Å². The third-order valence-electron chi connectivity index (χ3n) is 6.94. The van der Waals surface area contributed by atoms with Crippen LogP contribution in [0.2, 0.25) is 0 Å². The topological polar surface area (TPSA) is 0 Å². The second kappa shape index (κ2) is 9.60. The summed E-state index contributed by atoms with van der Waals surface area (Å²) < 4.78 is 0. The number of allylic oxidation sites excluding steroid dienone is 2. The van der Waals surface area contributed by atoms with Gasteiger partial charge in [-0.1, -0.05) is 75.9 Å². The predicted octanol–water partition coefficient (Wildman–Crippen LogP) is 7.69. The van der Waals surface area contributed by atoms with E-state index in [4.69, 9.17) is 0 Å². The van der Waals surface area contributed by atoms with Crippen LogP contribution in [0.1, 0.15) is 95.1 Å². The lowest BCUT2D eigenvalue weighted by Gasteiger charge is -2.36. The second-order valence-electron chi connectivity index (χ2n) is 8.66. The lowest BCUT2D eigenvalue weighted by molar-refractivity contribution is 0.211. The Hall–Kier alpha value is -1.04. The Bertz CT molecular complexity index is 515. The van der Waals surface area contributed by atoms with Crippen molar-refractivity contribution >= 4 is 0 Å². The van der Waals surface area contributed by atoms with Crippen LogP contribution >= 0.6 is 0 Å². The molecule has 0 spiro atoms. The SMILES string of the molecule is CCCC1CCC(C(CC2CC=CCC2)c2ccc(CC)cc2)CC1. The Kier molecular flexibility index (Phi) is 7.20. The van der Waals surface area contributed by atoms with Gasteiger partial charge in [-0.25, -0.2) is 0 Å². The molecule has 2 atom stereocenters. The quantitative estimate of drug-likeness (QED) is 0.447. The van der Waals surface area contributed by atoms with Crippen molar-refractivity contribution in [3.05, 3.63) is 47.5 Å². The maximum absolute atomic E-state index is 2.46. The van der Waals surface area contributed by atoms with E-state index in [1.54, 1.807) is 5.56 Å². The molecule has 0 radical (unpaired) electrons. The molecule has 0 N–H and O–H groups in total. The fourth-order valence-corrected chi connectivity index (χ4v) is 5.32. The van der Waals surface area contributed by atoms with Crippen molar-refractivity contribution in [3.8, 4) is 0 Å². The zero-order chi connectivity index (χ0) is 17.5. The number of hydrogen-bond donors (Lipinski definition) is 0. The first kappa shape index (κ1) is 18.7. The molecule has 138 valence electrons. The molecule has 2 unspecified atom stereocenters. The zero-order valence-corrected chi connectivity index (χ0v) is 16.6. The molecule has 0 nitrogen and oxygen atoms in total. The number of rotatable bonds is 7. The van der Waals surface area contributed by atoms with Gasteiger partial charge in [-0.05, 0) is 79.7 Å². The van der Waals surface area contributed by atoms with Crippen LogP contribution in [0.5, 0.6) is 0 Å². The standard InChI is InChI=1S/C25H38/c1-3-8-21-13-17-24(18-14-21)25(19-22-9-6-5-7-10-22)23-15-11-20(4-2)12-16-23/h5-6,11-12,15-16,21-22,24-25H,3-4,7-10,13-14,17-19H2,1-2H3. The predicted molar refractivity (Wildman–Crippen MR) is 110 cm³/mol. The molecule has 2 aliphatic rings. The van der Waals surface area contributed by atoms with E-state index in [-0.39, 0.29) is 0 Å². The highest BCUT2D eigenvalue weighted by Gasteiger charge is 2.30. The van der Waals surface area contributed by atoms with E-state index in [2.05, 4.69) is 50.3 Å². The van der Waals surface area contributed by atoms with Crippen LogP contribution in [-0.4, -0.2) is 0 Å². The molecule has 1 fully saturated rings. The van der Waals surface area contributed by atoms with Crippen LogP contribution in [0.25, 0.3) is 0 Å². The number of hydrogen-bond acceptors (Lipinski definition) is 0. The molecule has 0 heterocycles. The summed E-state index contributed by atoms with van der Waals surface area (Å²) in [4.78, 5) is 0. The van der Waals surface area contributed by atoms with E-state index in [0.29, 0.717) is 0 Å². The third kappa shape index (κ3) is 5.22. The van der Waals surface area contributed by atoms with Crippen LogP contribution in [0.15, 0.2) is 36.4 Å². The van der Waals surface area contributed by atoms with Gasteiger partial charge in [-0.3, -0.25) is 0 Å². The minimum atomic E-state index is 0.796. The molecule has 0 aliphatic heterocycles. The van der Waals surface area contributed by atoms with Gasteiger partial charge in [-0.15, -0.1) is 0 Å². The Morgan fingerprint density at radius 1 is 0.880 bits per heavy atom. The van der Waals surface area contributed by atoms with Gasteiger partial charge in [0.2, 0.25) is 0 Å². The molecule has 0 aromatic heterocycles. The van der Waals surface area contributed by atoms with Crippen molar-refractivity contribution in [2.24, 2.45) is 17.8 Å². The first-order chi connectivity index (χ1) is 12.3. The molecule has 1 aromatic rings. The molecule has 0 amide bonds. The van der Waals surface area contributed by atoms with Crippen molar-refractivity contribution in [3.63, 3.8) is 0 Å². The molecule has 2 aliphatic carbocycles. The monoisotopic (exact) mass is 338 g/mol. The Morgan fingerprint density at radius 2 is 1.64 bits per heavy atom. The van der Waals surface area contributed by atoms with Gasteiger partial charge in [0.15, 0.2) is 0 Å². The molecule has 0 saturated heterocycles. The van der Waals surface area contributed by atoms with Crippen molar-refractivity contribution in [2.75, 3.05) is 0 Å². The van der Waals surface area contributed by atoms with Crippen LogP contribution < -0.4 is 0 Å². The van der Waals surface area contributed by atoms with Gasteiger partial charge < -0.3 is 0 Å². The highest BCUT2D eigenvalue weighted by atomic mass is 14.3. The van der Waals surface area contributed by atoms with E-state index in [1.807, 2.05) is 0 Å². The van der Waals surface area contributed by atoms with Crippen molar-refractivity contribution < 1.29 is 0 Å². The third-order valence-corrected chi connectivity index (χ3v) is 6.94. The van der Waals surface area contributed by atoms with Crippen molar-refractivity contribution in [1.82, 2.24) is 0 Å². The average Bonchev–Trinajstić information content (AvgIpc) is 2.68. The lowest BCUT2D eigenvalue weighted by atomic mass is 9.69. The summed E-state index contributed by atoms with van der Waals surface area (Å²) in [6.07, 6.45) is 20.1. The summed E-state index contributed by atoms with van der Waals surface area (Å²) >= 11 is 0. The summed E-state index contributed by atoms with van der Waals surface area (Å²) in [5.74, 6) is 3.65. The molecule has 1 aromatic carbocycles. The summed E-state index contributed by atoms with van der Waals surface area (Å²) in [5, 5.41) is 0. The van der Waals surface area contributed by atoms with Gasteiger partial charge in [0.05, 0.1) is 0 Å². The molecule has 1 saturated carbocycles. The zero-order valence-electron chi connectivity index (χ0n) is 16.6. The maximum Gasteiger partial charge on any atom is -0.0131 e. The Labute approximate surface area is 156 Å². The highest BCUT2D eigenvalue weighted by Crippen LogP contribution is 2.43.